The predicted octanol–water partition coefficient (Wildman–Crippen LogP) is 7.65. The number of benzene rings is 2. The third kappa shape index (κ3) is 10.4. The maximum Gasteiger partial charge on any atom is 0.423 e. The zero-order valence-electron chi connectivity index (χ0n) is 24.2. The lowest BCUT2D eigenvalue weighted by Crippen LogP contribution is -2.36. The van der Waals surface area contributed by atoms with Crippen molar-refractivity contribution in [3.8, 4) is 17.4 Å². The second-order valence-electron chi connectivity index (χ2n) is 8.02. The Morgan fingerprint density at radius 1 is 1.09 bits per heavy atom. The molecule has 0 radical (unpaired) electrons. The molecule has 0 aliphatic carbocycles. The SMILES string of the molecule is C=CC(=O)Nc1cccc(Oc2nc(Nc3ccc(N4CCOCC4)cc3OC(F)F)ncc2C(F)(F)F)c1.CC.CC. The lowest BCUT2D eigenvalue weighted by Gasteiger charge is -2.29. The maximum absolute atomic E-state index is 13.7. The number of ether oxygens (including phenoxy) is 3. The first-order chi connectivity index (χ1) is 20.6. The minimum absolute atomic E-state index is 0.00727. The summed E-state index contributed by atoms with van der Waals surface area (Å²) in [5, 5.41) is 5.09. The first-order valence-electron chi connectivity index (χ1n) is 13.5. The van der Waals surface area contributed by atoms with Crippen molar-refractivity contribution in [3.63, 3.8) is 0 Å². The molecule has 1 amide bonds. The van der Waals surface area contributed by atoms with E-state index >= 15 is 0 Å². The number of alkyl halides is 5. The van der Waals surface area contributed by atoms with E-state index in [4.69, 9.17) is 9.47 Å². The number of aromatic nitrogens is 2. The number of anilines is 4. The lowest BCUT2D eigenvalue weighted by molar-refractivity contribution is -0.139. The number of halogens is 5. The molecule has 1 aliphatic rings. The monoisotopic (exact) mass is 611 g/mol. The molecule has 14 heteroatoms. The van der Waals surface area contributed by atoms with Gasteiger partial charge >= 0.3 is 12.8 Å². The highest BCUT2D eigenvalue weighted by Crippen LogP contribution is 2.39. The van der Waals surface area contributed by atoms with Gasteiger partial charge in [0, 0.05) is 42.8 Å². The number of hydrogen-bond acceptors (Lipinski definition) is 8. The van der Waals surface area contributed by atoms with E-state index in [2.05, 4.69) is 31.9 Å². The van der Waals surface area contributed by atoms with Gasteiger partial charge in [-0.05, 0) is 30.3 Å². The van der Waals surface area contributed by atoms with Gasteiger partial charge < -0.3 is 29.7 Å². The Bertz CT molecular complexity index is 1330. The van der Waals surface area contributed by atoms with Gasteiger partial charge in [-0.2, -0.15) is 26.9 Å². The van der Waals surface area contributed by atoms with Gasteiger partial charge in [0.15, 0.2) is 5.75 Å². The Hall–Kier alpha value is -4.46. The van der Waals surface area contributed by atoms with Gasteiger partial charge in [0.25, 0.3) is 0 Å². The molecule has 2 N–H and O–H groups in total. The van der Waals surface area contributed by atoms with Crippen molar-refractivity contribution in [2.75, 3.05) is 41.8 Å². The van der Waals surface area contributed by atoms with Crippen molar-refractivity contribution in [1.82, 2.24) is 9.97 Å². The minimum atomic E-state index is -4.87. The van der Waals surface area contributed by atoms with Crippen LogP contribution in [0.4, 0.5) is 45.0 Å². The Balaban J connectivity index is 0.00000155. The number of nitrogens with one attached hydrogen (secondary N) is 2. The summed E-state index contributed by atoms with van der Waals surface area (Å²) >= 11 is 0. The predicted molar refractivity (Wildman–Crippen MR) is 154 cm³/mol. The van der Waals surface area contributed by atoms with E-state index in [1.165, 1.54) is 36.4 Å². The van der Waals surface area contributed by atoms with Gasteiger partial charge in [-0.1, -0.05) is 40.3 Å². The molecule has 2 heterocycles. The van der Waals surface area contributed by atoms with E-state index in [0.717, 1.165) is 6.08 Å². The molecule has 3 aromatic rings. The molecule has 43 heavy (non-hydrogen) atoms. The van der Waals surface area contributed by atoms with Crippen LogP contribution in [0.1, 0.15) is 33.3 Å². The van der Waals surface area contributed by atoms with Crippen molar-refractivity contribution in [2.45, 2.75) is 40.5 Å². The van der Waals surface area contributed by atoms with Crippen LogP contribution < -0.4 is 25.0 Å². The molecule has 1 aliphatic heterocycles. The van der Waals surface area contributed by atoms with Crippen molar-refractivity contribution in [3.05, 3.63) is 66.9 Å². The molecular weight excluding hydrogens is 577 g/mol. The summed E-state index contributed by atoms with van der Waals surface area (Å²) in [6.07, 6.45) is -3.34. The molecule has 1 fully saturated rings. The van der Waals surface area contributed by atoms with Gasteiger partial charge in [0.1, 0.15) is 11.3 Å². The van der Waals surface area contributed by atoms with E-state index in [1.807, 2.05) is 32.6 Å². The maximum atomic E-state index is 13.7. The van der Waals surface area contributed by atoms with E-state index in [1.54, 1.807) is 6.07 Å². The average molecular weight is 612 g/mol. The molecule has 234 valence electrons. The molecule has 0 spiro atoms. The normalized spacial score (nSPS) is 12.7. The van der Waals surface area contributed by atoms with Crippen LogP contribution >= 0.6 is 0 Å². The topological polar surface area (TPSA) is 97.8 Å². The lowest BCUT2D eigenvalue weighted by atomic mass is 10.2. The number of nitrogens with zero attached hydrogens (tertiary/aromatic N) is 3. The van der Waals surface area contributed by atoms with E-state index in [-0.39, 0.29) is 28.8 Å². The molecule has 0 saturated carbocycles. The van der Waals surface area contributed by atoms with Crippen molar-refractivity contribution < 1.29 is 41.0 Å². The number of hydrogen-bond donors (Lipinski definition) is 2. The van der Waals surface area contributed by atoms with Gasteiger partial charge in [-0.3, -0.25) is 4.79 Å². The summed E-state index contributed by atoms with van der Waals surface area (Å²) in [5.41, 5.74) is -0.444. The zero-order valence-corrected chi connectivity index (χ0v) is 24.2. The summed E-state index contributed by atoms with van der Waals surface area (Å²) in [5.74, 6) is -2.08. The second kappa shape index (κ2) is 16.9. The Morgan fingerprint density at radius 3 is 2.42 bits per heavy atom. The van der Waals surface area contributed by atoms with Crippen LogP contribution in [-0.2, 0) is 15.7 Å². The standard InChI is InChI=1S/C25H22F5N5O4.2C2H6/c1-2-21(36)32-15-4-3-5-17(12-15)38-22-18(25(28,29)30)14-31-24(34-22)33-19-7-6-16(13-20(19)39-23(26)27)35-8-10-37-11-9-35;2*1-2/h2-7,12-14,23H,1,8-11H2,(H,32,36)(H,31,33,34);2*1-2H3. The van der Waals surface area contributed by atoms with Crippen LogP contribution in [0.3, 0.4) is 0 Å². The fraction of sp³-hybridized carbons (Fsp3) is 0.345. The number of morpholine rings is 1. The molecule has 1 saturated heterocycles. The molecule has 9 nitrogen and oxygen atoms in total. The minimum Gasteiger partial charge on any atom is -0.438 e. The van der Waals surface area contributed by atoms with Crippen LogP contribution in [0.15, 0.2) is 61.3 Å². The first-order valence-corrected chi connectivity index (χ1v) is 13.5. The summed E-state index contributed by atoms with van der Waals surface area (Å²) in [7, 11) is 0. The van der Waals surface area contributed by atoms with Crippen LogP contribution in [-0.4, -0.2) is 48.8 Å². The molecule has 1 aromatic heterocycles. The highest BCUT2D eigenvalue weighted by molar-refractivity contribution is 5.98. The van der Waals surface area contributed by atoms with E-state index in [0.29, 0.717) is 38.2 Å². The van der Waals surface area contributed by atoms with Gasteiger partial charge in [0.2, 0.25) is 17.7 Å². The van der Waals surface area contributed by atoms with Crippen LogP contribution in [0.25, 0.3) is 0 Å². The third-order valence-corrected chi connectivity index (χ3v) is 5.36. The van der Waals surface area contributed by atoms with Gasteiger partial charge in [-0.15, -0.1) is 0 Å². The number of amides is 1. The van der Waals surface area contributed by atoms with Gasteiger partial charge in [0.05, 0.1) is 18.9 Å². The summed E-state index contributed by atoms with van der Waals surface area (Å²) in [4.78, 5) is 21.0. The van der Waals surface area contributed by atoms with E-state index in [9.17, 15) is 26.7 Å². The molecule has 0 unspecified atom stereocenters. The third-order valence-electron chi connectivity index (χ3n) is 5.36. The number of rotatable bonds is 9. The molecular formula is C29H34F5N5O4. The molecule has 2 aromatic carbocycles. The quantitative estimate of drug-likeness (QED) is 0.188. The zero-order chi connectivity index (χ0) is 32.0. The number of carbonyl (C=O) groups excluding carboxylic acids is 1. The summed E-state index contributed by atoms with van der Waals surface area (Å²) in [6.45, 7) is 10.2. The molecule has 4 rings (SSSR count). The van der Waals surface area contributed by atoms with E-state index < -0.39 is 30.1 Å². The second-order valence-corrected chi connectivity index (χ2v) is 8.02. The largest absolute Gasteiger partial charge is 0.438 e. The fourth-order valence-electron chi connectivity index (χ4n) is 3.59. The van der Waals surface area contributed by atoms with Crippen LogP contribution in [0, 0.1) is 0 Å². The number of carbonyl (C=O) groups is 1. The fourth-order valence-corrected chi connectivity index (χ4v) is 3.59. The first kappa shape index (κ1) is 34.7. The van der Waals surface area contributed by atoms with Crippen LogP contribution in [0.5, 0.6) is 17.4 Å². The van der Waals surface area contributed by atoms with Gasteiger partial charge in [-0.25, -0.2) is 4.98 Å². The summed E-state index contributed by atoms with van der Waals surface area (Å²) < 4.78 is 82.7. The average Bonchev–Trinajstić information content (AvgIpc) is 3.00. The summed E-state index contributed by atoms with van der Waals surface area (Å²) in [6, 6.07) is 10.0. The Morgan fingerprint density at radius 2 is 1.79 bits per heavy atom. The molecule has 0 bridgehead atoms. The van der Waals surface area contributed by atoms with Crippen molar-refractivity contribution >= 4 is 28.9 Å². The van der Waals surface area contributed by atoms with Crippen molar-refractivity contribution in [1.29, 1.82) is 0 Å². The Labute approximate surface area is 246 Å². The van der Waals surface area contributed by atoms with Crippen molar-refractivity contribution in [2.24, 2.45) is 0 Å². The highest BCUT2D eigenvalue weighted by Gasteiger charge is 2.36. The smallest absolute Gasteiger partial charge is 0.423 e. The highest BCUT2D eigenvalue weighted by atomic mass is 19.4. The van der Waals surface area contributed by atoms with Crippen LogP contribution in [0.2, 0.25) is 0 Å². The molecule has 0 atom stereocenters. The Kier molecular flexibility index (Phi) is 13.6.